The Morgan fingerprint density at radius 1 is 1.38 bits per heavy atom. The van der Waals surface area contributed by atoms with Crippen molar-refractivity contribution in [2.45, 2.75) is 29.7 Å². The summed E-state index contributed by atoms with van der Waals surface area (Å²) >= 11 is 2.84. The van der Waals surface area contributed by atoms with Gasteiger partial charge in [0.05, 0.1) is 33.3 Å². The number of nitrogens with one attached hydrogen (secondary N) is 1. The van der Waals surface area contributed by atoms with Crippen LogP contribution in [0.4, 0.5) is 10.8 Å². The largest absolute Gasteiger partial charge is 0.484 e. The molecule has 0 saturated heterocycles. The predicted octanol–water partition coefficient (Wildman–Crippen LogP) is 4.47. The van der Waals surface area contributed by atoms with E-state index in [-0.39, 0.29) is 24.0 Å². The van der Waals surface area contributed by atoms with E-state index in [1.807, 2.05) is 13.8 Å². The molecule has 2 heterocycles. The van der Waals surface area contributed by atoms with E-state index in [9.17, 15) is 14.9 Å². The van der Waals surface area contributed by atoms with E-state index < -0.39 is 10.8 Å². The lowest BCUT2D eigenvalue weighted by molar-refractivity contribution is -0.384. The maximum atomic E-state index is 12.0. The first-order valence-electron chi connectivity index (χ1n) is 8.61. The van der Waals surface area contributed by atoms with Crippen LogP contribution in [-0.4, -0.2) is 27.4 Å². The van der Waals surface area contributed by atoms with Gasteiger partial charge in [0.2, 0.25) is 5.89 Å². The highest BCUT2D eigenvalue weighted by atomic mass is 32.2. The van der Waals surface area contributed by atoms with Gasteiger partial charge >= 0.3 is 0 Å². The highest BCUT2D eigenvalue weighted by molar-refractivity contribution is 8.00. The van der Waals surface area contributed by atoms with Gasteiger partial charge in [-0.05, 0) is 6.07 Å². The molecule has 0 radical (unpaired) electrons. The van der Waals surface area contributed by atoms with Gasteiger partial charge in [-0.2, -0.15) is 0 Å². The van der Waals surface area contributed by atoms with Gasteiger partial charge in [0.15, 0.2) is 11.7 Å². The van der Waals surface area contributed by atoms with Crippen LogP contribution in [0.2, 0.25) is 0 Å². The van der Waals surface area contributed by atoms with Crippen molar-refractivity contribution >= 4 is 39.8 Å². The lowest BCUT2D eigenvalue weighted by Gasteiger charge is -2.05. The van der Waals surface area contributed by atoms with Gasteiger partial charge < -0.3 is 9.15 Å². The molecule has 0 aliphatic rings. The molecular formula is C18H18N4O5S2. The molecule has 29 heavy (non-hydrogen) atoms. The fourth-order valence-electron chi connectivity index (χ4n) is 2.17. The number of hydrogen-bond donors (Lipinski definition) is 1. The maximum absolute atomic E-state index is 12.0. The molecule has 11 heteroatoms. The van der Waals surface area contributed by atoms with Crippen LogP contribution >= 0.6 is 23.1 Å². The van der Waals surface area contributed by atoms with Crippen molar-refractivity contribution in [2.75, 3.05) is 11.9 Å². The summed E-state index contributed by atoms with van der Waals surface area (Å²) in [5, 5.41) is 13.8. The number of thiazole rings is 1. The first kappa shape index (κ1) is 20.8. The Bertz CT molecular complexity index is 1000. The predicted molar refractivity (Wildman–Crippen MR) is 109 cm³/mol. The van der Waals surface area contributed by atoms with E-state index in [1.54, 1.807) is 18.5 Å². The van der Waals surface area contributed by atoms with Gasteiger partial charge in [0, 0.05) is 12.0 Å². The van der Waals surface area contributed by atoms with Gasteiger partial charge in [0.25, 0.3) is 11.6 Å². The number of anilines is 1. The minimum Gasteiger partial charge on any atom is -0.484 e. The monoisotopic (exact) mass is 434 g/mol. The second kappa shape index (κ2) is 9.52. The Morgan fingerprint density at radius 3 is 2.93 bits per heavy atom. The molecule has 1 N–H and O–H groups in total. The Balaban J connectivity index is 1.47. The first-order chi connectivity index (χ1) is 13.9. The topological polar surface area (TPSA) is 120 Å². The average Bonchev–Trinajstić information content (AvgIpc) is 3.34. The summed E-state index contributed by atoms with van der Waals surface area (Å²) in [5.74, 6) is 2.19. The van der Waals surface area contributed by atoms with Crippen LogP contribution < -0.4 is 10.1 Å². The number of benzene rings is 1. The molecule has 0 bridgehead atoms. The molecule has 1 aromatic carbocycles. The van der Waals surface area contributed by atoms with Crippen LogP contribution in [0.1, 0.15) is 31.4 Å². The number of oxazole rings is 1. The fraction of sp³-hybridized carbons (Fsp3) is 0.278. The van der Waals surface area contributed by atoms with Crippen molar-refractivity contribution in [3.63, 3.8) is 0 Å². The summed E-state index contributed by atoms with van der Waals surface area (Å²) in [6.07, 6.45) is 3.40. The summed E-state index contributed by atoms with van der Waals surface area (Å²) < 4.78 is 11.9. The fourth-order valence-corrected chi connectivity index (χ4v) is 3.91. The molecule has 3 aromatic rings. The molecule has 0 spiro atoms. The third-order valence-corrected chi connectivity index (χ3v) is 5.70. The van der Waals surface area contributed by atoms with E-state index in [2.05, 4.69) is 15.3 Å². The second-order valence-corrected chi connectivity index (χ2v) is 8.48. The molecule has 152 valence electrons. The molecule has 9 nitrogen and oxygen atoms in total. The third-order valence-electron chi connectivity index (χ3n) is 3.61. The van der Waals surface area contributed by atoms with Gasteiger partial charge in [-0.3, -0.25) is 20.2 Å². The highest BCUT2D eigenvalue weighted by Gasteiger charge is 2.12. The molecular weight excluding hydrogens is 416 g/mol. The van der Waals surface area contributed by atoms with Gasteiger partial charge in [0.1, 0.15) is 11.5 Å². The number of nitro benzene ring substituents is 1. The lowest BCUT2D eigenvalue weighted by atomic mass is 10.2. The van der Waals surface area contributed by atoms with Crippen LogP contribution in [0.5, 0.6) is 5.75 Å². The number of ether oxygens (including phenoxy) is 1. The highest BCUT2D eigenvalue weighted by Crippen LogP contribution is 2.31. The number of carbonyl (C=O) groups is 1. The Hall–Kier alpha value is -2.92. The summed E-state index contributed by atoms with van der Waals surface area (Å²) in [7, 11) is 0. The number of rotatable bonds is 9. The third kappa shape index (κ3) is 6.03. The Morgan fingerprint density at radius 2 is 2.21 bits per heavy atom. The Kier molecular flexibility index (Phi) is 6.83. The number of nitro groups is 1. The summed E-state index contributed by atoms with van der Waals surface area (Å²) in [4.78, 5) is 30.7. The lowest BCUT2D eigenvalue weighted by Crippen LogP contribution is -2.20. The number of amides is 1. The van der Waals surface area contributed by atoms with Crippen molar-refractivity contribution in [3.05, 3.63) is 58.4 Å². The smallest absolute Gasteiger partial charge is 0.273 e. The SMILES string of the molecule is CC(C)c1cnc(CSc2cnc(NC(=O)COc3cccc([N+](=O)[O-])c3)s2)o1. The van der Waals surface area contributed by atoms with Crippen LogP contribution in [-0.2, 0) is 10.5 Å². The number of carbonyl (C=O) groups excluding carboxylic acids is 1. The Labute approximate surface area is 174 Å². The molecule has 0 saturated carbocycles. The molecule has 3 rings (SSSR count). The number of hydrogen-bond acceptors (Lipinski definition) is 9. The van der Waals surface area contributed by atoms with Crippen molar-refractivity contribution in [2.24, 2.45) is 0 Å². The number of nitrogens with zero attached hydrogens (tertiary/aromatic N) is 3. The first-order valence-corrected chi connectivity index (χ1v) is 10.4. The van der Waals surface area contributed by atoms with Gasteiger partial charge in [-0.15, -0.1) is 11.8 Å². The number of non-ortho nitro benzene ring substituents is 1. The van der Waals surface area contributed by atoms with Crippen LogP contribution in [0.3, 0.4) is 0 Å². The van der Waals surface area contributed by atoms with Crippen LogP contribution in [0, 0.1) is 10.1 Å². The maximum Gasteiger partial charge on any atom is 0.273 e. The molecule has 0 atom stereocenters. The zero-order valence-electron chi connectivity index (χ0n) is 15.7. The zero-order chi connectivity index (χ0) is 20.8. The van der Waals surface area contributed by atoms with Crippen LogP contribution in [0.15, 0.2) is 45.3 Å². The number of aromatic nitrogens is 2. The van der Waals surface area contributed by atoms with Crippen molar-refractivity contribution in [3.8, 4) is 5.75 Å². The quantitative estimate of drug-likeness (QED) is 0.297. The van der Waals surface area contributed by atoms with E-state index in [0.29, 0.717) is 16.8 Å². The molecule has 1 amide bonds. The molecule has 0 unspecified atom stereocenters. The van der Waals surface area contributed by atoms with Crippen LogP contribution in [0.25, 0.3) is 0 Å². The standard InChI is InChI=1S/C18H18N4O5S2/c1-11(2)14-7-19-16(27-14)10-28-17-8-20-18(29-17)21-15(23)9-26-13-5-3-4-12(6-13)22(24)25/h3-8,11H,9-10H2,1-2H3,(H,20,21,23). The minimum absolute atomic E-state index is 0.101. The summed E-state index contributed by atoms with van der Waals surface area (Å²) in [6, 6.07) is 5.65. The summed E-state index contributed by atoms with van der Waals surface area (Å²) in [5.41, 5.74) is -0.101. The van der Waals surface area contributed by atoms with E-state index in [4.69, 9.17) is 9.15 Å². The van der Waals surface area contributed by atoms with Gasteiger partial charge in [-0.1, -0.05) is 31.3 Å². The minimum atomic E-state index is -0.524. The molecule has 0 aliphatic carbocycles. The average molecular weight is 434 g/mol. The van der Waals surface area contributed by atoms with E-state index in [0.717, 1.165) is 9.97 Å². The van der Waals surface area contributed by atoms with Gasteiger partial charge in [-0.25, -0.2) is 9.97 Å². The van der Waals surface area contributed by atoms with E-state index in [1.165, 1.54) is 41.3 Å². The molecule has 2 aromatic heterocycles. The van der Waals surface area contributed by atoms with Crippen molar-refractivity contribution < 1.29 is 18.9 Å². The van der Waals surface area contributed by atoms with Crippen molar-refractivity contribution in [1.82, 2.24) is 9.97 Å². The summed E-state index contributed by atoms with van der Waals surface area (Å²) in [6.45, 7) is 3.80. The molecule has 0 aliphatic heterocycles. The normalized spacial score (nSPS) is 10.9. The zero-order valence-corrected chi connectivity index (χ0v) is 17.3. The number of thioether (sulfide) groups is 1. The van der Waals surface area contributed by atoms with Crippen molar-refractivity contribution in [1.29, 1.82) is 0 Å². The molecule has 0 fully saturated rings. The van der Waals surface area contributed by atoms with E-state index >= 15 is 0 Å². The second-order valence-electron chi connectivity index (χ2n) is 6.18.